The summed E-state index contributed by atoms with van der Waals surface area (Å²) in [5, 5.41) is 7.12. The van der Waals surface area contributed by atoms with Gasteiger partial charge in [0.2, 0.25) is 0 Å². The zero-order valence-corrected chi connectivity index (χ0v) is 13.6. The summed E-state index contributed by atoms with van der Waals surface area (Å²) in [4.78, 5) is 14.2. The van der Waals surface area contributed by atoms with Gasteiger partial charge in [-0.3, -0.25) is 0 Å². The van der Waals surface area contributed by atoms with E-state index in [1.807, 2.05) is 11.0 Å². The first kappa shape index (κ1) is 15.9. The lowest BCUT2D eigenvalue weighted by Gasteiger charge is -2.23. The van der Waals surface area contributed by atoms with Crippen LogP contribution in [0.1, 0.15) is 70.4 Å². The van der Waals surface area contributed by atoms with Crippen LogP contribution < -0.4 is 5.32 Å². The van der Waals surface area contributed by atoms with Gasteiger partial charge in [-0.15, -0.1) is 0 Å². The third-order valence-corrected chi connectivity index (χ3v) is 3.98. The molecule has 0 spiro atoms. The van der Waals surface area contributed by atoms with E-state index in [2.05, 4.69) is 38.2 Å². The average molecular weight is 293 g/mol. The van der Waals surface area contributed by atoms with Crippen molar-refractivity contribution in [3.05, 3.63) is 17.5 Å². The van der Waals surface area contributed by atoms with Gasteiger partial charge in [0.25, 0.3) is 0 Å². The van der Waals surface area contributed by atoms with E-state index < -0.39 is 0 Å². The summed E-state index contributed by atoms with van der Waals surface area (Å²) in [5.74, 6) is 1.76. The second kappa shape index (κ2) is 6.96. The number of nitrogens with one attached hydrogen (secondary N) is 1. The van der Waals surface area contributed by atoms with Crippen LogP contribution >= 0.6 is 0 Å². The number of carbonyl (C=O) groups is 1. The molecule has 1 aliphatic rings. The van der Waals surface area contributed by atoms with Crippen molar-refractivity contribution in [3.63, 3.8) is 0 Å². The number of likely N-dealkylation sites (tertiary alicyclic amines) is 1. The van der Waals surface area contributed by atoms with Crippen molar-refractivity contribution in [1.29, 1.82) is 0 Å². The number of rotatable bonds is 5. The fourth-order valence-electron chi connectivity index (χ4n) is 2.61. The third-order valence-electron chi connectivity index (χ3n) is 3.98. The Kier molecular flexibility index (Phi) is 5.26. The smallest absolute Gasteiger partial charge is 0.318 e. The molecule has 0 radical (unpaired) electrons. The maximum atomic E-state index is 12.3. The molecule has 0 bridgehead atoms. The molecule has 1 saturated heterocycles. The number of aromatic nitrogens is 1. The topological polar surface area (TPSA) is 58.4 Å². The molecule has 0 saturated carbocycles. The van der Waals surface area contributed by atoms with Gasteiger partial charge >= 0.3 is 6.03 Å². The molecule has 5 heteroatoms. The van der Waals surface area contributed by atoms with E-state index in [1.165, 1.54) is 0 Å². The molecule has 0 aliphatic carbocycles. The molecule has 0 aromatic carbocycles. The Morgan fingerprint density at radius 2 is 2.24 bits per heavy atom. The van der Waals surface area contributed by atoms with Crippen LogP contribution in [0.3, 0.4) is 0 Å². The van der Waals surface area contributed by atoms with E-state index in [4.69, 9.17) is 4.52 Å². The number of hydrogen-bond donors (Lipinski definition) is 1. The van der Waals surface area contributed by atoms with Crippen LogP contribution in [0.2, 0.25) is 0 Å². The van der Waals surface area contributed by atoms with E-state index in [9.17, 15) is 4.79 Å². The molecule has 118 valence electrons. The first-order valence-electron chi connectivity index (χ1n) is 8.00. The van der Waals surface area contributed by atoms with E-state index in [1.54, 1.807) is 0 Å². The van der Waals surface area contributed by atoms with Gasteiger partial charge in [-0.2, -0.15) is 0 Å². The normalized spacial score (nSPS) is 18.8. The molecule has 21 heavy (non-hydrogen) atoms. The minimum Gasteiger partial charge on any atom is -0.359 e. The molecular weight excluding hydrogens is 266 g/mol. The van der Waals surface area contributed by atoms with E-state index in [0.29, 0.717) is 11.8 Å². The van der Waals surface area contributed by atoms with E-state index in [-0.39, 0.29) is 12.1 Å². The number of nitrogens with zero attached hydrogens (tertiary/aromatic N) is 2. The summed E-state index contributed by atoms with van der Waals surface area (Å²) in [6.45, 7) is 10.0. The van der Waals surface area contributed by atoms with Crippen molar-refractivity contribution in [2.24, 2.45) is 5.92 Å². The predicted molar refractivity (Wildman–Crippen MR) is 82.1 cm³/mol. The van der Waals surface area contributed by atoms with Gasteiger partial charge in [-0.25, -0.2) is 4.79 Å². The first-order valence-corrected chi connectivity index (χ1v) is 8.00. The minimum atomic E-state index is 0.0145. The lowest BCUT2D eigenvalue weighted by molar-refractivity contribution is 0.182. The van der Waals surface area contributed by atoms with Crippen LogP contribution in [0.4, 0.5) is 4.79 Å². The first-order chi connectivity index (χ1) is 9.99. The van der Waals surface area contributed by atoms with Gasteiger partial charge in [0, 0.05) is 19.2 Å². The molecule has 1 aliphatic heterocycles. The molecule has 2 amide bonds. The third kappa shape index (κ3) is 3.99. The molecule has 2 rings (SSSR count). The molecule has 5 nitrogen and oxygen atoms in total. The lowest BCUT2D eigenvalue weighted by atomic mass is 10.1. The van der Waals surface area contributed by atoms with E-state index >= 15 is 0 Å². The molecule has 1 aromatic rings. The Morgan fingerprint density at radius 3 is 2.86 bits per heavy atom. The van der Waals surface area contributed by atoms with Crippen molar-refractivity contribution in [2.75, 3.05) is 13.1 Å². The summed E-state index contributed by atoms with van der Waals surface area (Å²) in [6, 6.07) is 2.04. The highest BCUT2D eigenvalue weighted by molar-refractivity contribution is 5.75. The number of carbonyl (C=O) groups excluding carboxylic acids is 1. The average Bonchev–Trinajstić information content (AvgIpc) is 3.06. The highest BCUT2D eigenvalue weighted by Gasteiger charge is 2.32. The number of amides is 2. The predicted octanol–water partition coefficient (Wildman–Crippen LogP) is 3.69. The maximum Gasteiger partial charge on any atom is 0.318 e. The summed E-state index contributed by atoms with van der Waals surface area (Å²) in [5.41, 5.74) is 0.956. The zero-order valence-electron chi connectivity index (χ0n) is 13.6. The van der Waals surface area contributed by atoms with Gasteiger partial charge in [0.05, 0.1) is 11.7 Å². The highest BCUT2D eigenvalue weighted by atomic mass is 16.5. The minimum absolute atomic E-state index is 0.0145. The van der Waals surface area contributed by atoms with Crippen LogP contribution in [0.15, 0.2) is 10.6 Å². The lowest BCUT2D eigenvalue weighted by Crippen LogP contribution is -2.40. The van der Waals surface area contributed by atoms with E-state index in [0.717, 1.165) is 43.8 Å². The zero-order chi connectivity index (χ0) is 15.4. The highest BCUT2D eigenvalue weighted by Crippen LogP contribution is 2.33. The number of hydrogen-bond acceptors (Lipinski definition) is 3. The van der Waals surface area contributed by atoms with Crippen molar-refractivity contribution in [2.45, 2.75) is 58.9 Å². The Balaban J connectivity index is 1.97. The Labute approximate surface area is 127 Å². The quantitative estimate of drug-likeness (QED) is 0.900. The van der Waals surface area contributed by atoms with Crippen molar-refractivity contribution in [1.82, 2.24) is 15.4 Å². The fraction of sp³-hybridized carbons (Fsp3) is 0.750. The van der Waals surface area contributed by atoms with Gasteiger partial charge in [0.15, 0.2) is 5.76 Å². The second-order valence-electron chi connectivity index (χ2n) is 6.57. The van der Waals surface area contributed by atoms with Gasteiger partial charge in [-0.05, 0) is 31.1 Å². The van der Waals surface area contributed by atoms with Gasteiger partial charge < -0.3 is 14.7 Å². The van der Waals surface area contributed by atoms with Crippen LogP contribution in [0.5, 0.6) is 0 Å². The van der Waals surface area contributed by atoms with Crippen LogP contribution in [-0.2, 0) is 0 Å². The molecule has 1 fully saturated rings. The molecule has 1 atom stereocenters. The van der Waals surface area contributed by atoms with Crippen molar-refractivity contribution >= 4 is 6.03 Å². The Bertz CT molecular complexity index is 468. The Hall–Kier alpha value is -1.52. The van der Waals surface area contributed by atoms with Crippen LogP contribution in [-0.4, -0.2) is 29.2 Å². The molecule has 1 unspecified atom stereocenters. The Morgan fingerprint density at radius 1 is 1.48 bits per heavy atom. The summed E-state index contributed by atoms with van der Waals surface area (Å²) < 4.78 is 5.46. The van der Waals surface area contributed by atoms with Crippen molar-refractivity contribution < 1.29 is 9.32 Å². The second-order valence-corrected chi connectivity index (χ2v) is 6.57. The van der Waals surface area contributed by atoms with Gasteiger partial charge in [0.1, 0.15) is 0 Å². The maximum absolute atomic E-state index is 12.3. The monoisotopic (exact) mass is 293 g/mol. The fourth-order valence-corrected chi connectivity index (χ4v) is 2.61. The summed E-state index contributed by atoms with van der Waals surface area (Å²) in [7, 11) is 0. The molecule has 1 aromatic heterocycles. The largest absolute Gasteiger partial charge is 0.359 e. The van der Waals surface area contributed by atoms with Crippen molar-refractivity contribution in [3.8, 4) is 0 Å². The molecular formula is C16H27N3O2. The SMILES string of the molecule is CC(C)CCNC(=O)N1CCCC1c1cc(C(C)C)no1. The van der Waals surface area contributed by atoms with Gasteiger partial charge in [-0.1, -0.05) is 32.9 Å². The molecule has 2 heterocycles. The van der Waals surface area contributed by atoms with Crippen LogP contribution in [0.25, 0.3) is 0 Å². The molecule has 1 N–H and O–H groups in total. The van der Waals surface area contributed by atoms with Crippen LogP contribution in [0, 0.1) is 5.92 Å². The summed E-state index contributed by atoms with van der Waals surface area (Å²) >= 11 is 0. The standard InChI is InChI=1S/C16H27N3O2/c1-11(2)7-8-17-16(20)19-9-5-6-14(19)15-10-13(12(3)4)18-21-15/h10-12,14H,5-9H2,1-4H3,(H,17,20). The summed E-state index contributed by atoms with van der Waals surface area (Å²) in [6.07, 6.45) is 2.97. The number of urea groups is 1.